The Bertz CT molecular complexity index is 521. The summed E-state index contributed by atoms with van der Waals surface area (Å²) in [6.45, 7) is 6.99. The third-order valence-corrected chi connectivity index (χ3v) is 5.66. The van der Waals surface area contributed by atoms with Crippen molar-refractivity contribution in [3.05, 3.63) is 29.6 Å². The van der Waals surface area contributed by atoms with Gasteiger partial charge in [-0.15, -0.1) is 0 Å². The molecule has 1 aromatic heterocycles. The summed E-state index contributed by atoms with van der Waals surface area (Å²) in [6.07, 6.45) is 8.42. The molecule has 0 amide bonds. The van der Waals surface area contributed by atoms with Crippen LogP contribution in [0.4, 0.5) is 0 Å². The van der Waals surface area contributed by atoms with Crippen molar-refractivity contribution < 1.29 is 4.79 Å². The van der Waals surface area contributed by atoms with E-state index in [0.717, 1.165) is 37.3 Å². The average molecular weight is 285 g/mol. The number of fused-ring (bicyclic) bond motifs is 1. The molecule has 1 atom stereocenters. The monoisotopic (exact) mass is 285 g/mol. The summed E-state index contributed by atoms with van der Waals surface area (Å²) in [5.74, 6) is 1.61. The molecule has 0 radical (unpaired) electrons. The van der Waals surface area contributed by atoms with Gasteiger partial charge in [0.15, 0.2) is 0 Å². The van der Waals surface area contributed by atoms with E-state index in [2.05, 4.69) is 31.8 Å². The molecule has 2 aliphatic rings. The van der Waals surface area contributed by atoms with Crippen LogP contribution in [0.15, 0.2) is 18.3 Å². The second-order valence-electron chi connectivity index (χ2n) is 7.96. The Kier molecular flexibility index (Phi) is 3.90. The maximum Gasteiger partial charge on any atom is 0.145 e. The zero-order valence-corrected chi connectivity index (χ0v) is 13.6. The van der Waals surface area contributed by atoms with Crippen LogP contribution in [0.1, 0.15) is 70.1 Å². The first-order valence-electron chi connectivity index (χ1n) is 8.44. The molecule has 21 heavy (non-hydrogen) atoms. The topological polar surface area (TPSA) is 30.0 Å². The number of ketones is 1. The minimum atomic E-state index is 0.0809. The molecule has 0 spiro atoms. The van der Waals surface area contributed by atoms with Crippen molar-refractivity contribution >= 4 is 5.78 Å². The van der Waals surface area contributed by atoms with Gasteiger partial charge in [0, 0.05) is 12.1 Å². The second-order valence-corrected chi connectivity index (χ2v) is 7.96. The van der Waals surface area contributed by atoms with Crippen LogP contribution in [0.3, 0.4) is 0 Å². The Labute approximate surface area is 128 Å². The Morgan fingerprint density at radius 3 is 2.52 bits per heavy atom. The smallest absolute Gasteiger partial charge is 0.145 e. The van der Waals surface area contributed by atoms with Gasteiger partial charge >= 0.3 is 0 Å². The summed E-state index contributed by atoms with van der Waals surface area (Å²) in [5, 5.41) is 0. The molecule has 2 heteroatoms. The zero-order chi connectivity index (χ0) is 15.0. The summed E-state index contributed by atoms with van der Waals surface area (Å²) in [5.41, 5.74) is 2.75. The number of pyridine rings is 1. The predicted octanol–water partition coefficient (Wildman–Crippen LogP) is 4.53. The van der Waals surface area contributed by atoms with Crippen LogP contribution in [-0.2, 0) is 11.2 Å². The van der Waals surface area contributed by atoms with Gasteiger partial charge in [-0.05, 0) is 61.5 Å². The van der Waals surface area contributed by atoms with Crippen molar-refractivity contribution in [3.8, 4) is 0 Å². The highest BCUT2D eigenvalue weighted by Gasteiger charge is 2.37. The fraction of sp³-hybridized carbons (Fsp3) is 0.684. The molecule has 3 rings (SSSR count). The molecule has 1 saturated carbocycles. The SMILES string of the molecule is CC(C)(C)C1CCC(C(=O)C2CCc3cccnc32)CC1. The number of carbonyl (C=O) groups excluding carboxylic acids is 1. The highest BCUT2D eigenvalue weighted by Crippen LogP contribution is 2.43. The molecule has 0 aromatic carbocycles. The van der Waals surface area contributed by atoms with Gasteiger partial charge in [0.2, 0.25) is 0 Å². The van der Waals surface area contributed by atoms with Crippen molar-refractivity contribution in [1.82, 2.24) is 4.98 Å². The lowest BCUT2D eigenvalue weighted by atomic mass is 9.68. The second kappa shape index (κ2) is 5.55. The molecule has 0 bridgehead atoms. The van der Waals surface area contributed by atoms with Crippen LogP contribution in [0.2, 0.25) is 0 Å². The van der Waals surface area contributed by atoms with Crippen molar-refractivity contribution in [3.63, 3.8) is 0 Å². The van der Waals surface area contributed by atoms with E-state index in [1.807, 2.05) is 12.3 Å². The highest BCUT2D eigenvalue weighted by atomic mass is 16.1. The number of Topliss-reactive ketones (excluding diaryl/α,β-unsaturated/α-hetero) is 1. The molecule has 114 valence electrons. The third kappa shape index (κ3) is 2.90. The van der Waals surface area contributed by atoms with Crippen molar-refractivity contribution in [1.29, 1.82) is 0 Å². The number of carbonyl (C=O) groups is 1. The van der Waals surface area contributed by atoms with E-state index in [4.69, 9.17) is 0 Å². The first-order chi connectivity index (χ1) is 9.97. The van der Waals surface area contributed by atoms with Gasteiger partial charge in [-0.1, -0.05) is 26.8 Å². The van der Waals surface area contributed by atoms with Crippen molar-refractivity contribution in [2.75, 3.05) is 0 Å². The van der Waals surface area contributed by atoms with E-state index in [1.165, 1.54) is 18.4 Å². The Morgan fingerprint density at radius 1 is 1.14 bits per heavy atom. The molecular formula is C19H27NO. The fourth-order valence-corrected chi connectivity index (χ4v) is 4.22. The molecule has 2 nitrogen and oxygen atoms in total. The molecule has 0 N–H and O–H groups in total. The normalized spacial score (nSPS) is 29.2. The molecule has 0 aliphatic heterocycles. The number of hydrogen-bond donors (Lipinski definition) is 0. The molecular weight excluding hydrogens is 258 g/mol. The minimum absolute atomic E-state index is 0.0809. The summed E-state index contributed by atoms with van der Waals surface area (Å²) >= 11 is 0. The highest BCUT2D eigenvalue weighted by molar-refractivity contribution is 5.88. The maximum absolute atomic E-state index is 12.9. The minimum Gasteiger partial charge on any atom is -0.299 e. The van der Waals surface area contributed by atoms with Crippen LogP contribution >= 0.6 is 0 Å². The van der Waals surface area contributed by atoms with Crippen LogP contribution in [0, 0.1) is 17.3 Å². The van der Waals surface area contributed by atoms with Crippen LogP contribution in [0.25, 0.3) is 0 Å². The Balaban J connectivity index is 1.66. The van der Waals surface area contributed by atoms with Gasteiger partial charge in [0.1, 0.15) is 5.78 Å². The largest absolute Gasteiger partial charge is 0.299 e. The van der Waals surface area contributed by atoms with E-state index >= 15 is 0 Å². The summed E-state index contributed by atoms with van der Waals surface area (Å²) in [7, 11) is 0. The number of aromatic nitrogens is 1. The number of hydrogen-bond acceptors (Lipinski definition) is 2. The lowest BCUT2D eigenvalue weighted by molar-refractivity contribution is -0.126. The number of nitrogens with zero attached hydrogens (tertiary/aromatic N) is 1. The standard InChI is InChI=1S/C19H27NO/c1-19(2,3)15-9-6-14(7-10-15)18(21)16-11-8-13-5-4-12-20-17(13)16/h4-5,12,14-16H,6-11H2,1-3H3. The maximum atomic E-state index is 12.9. The Hall–Kier alpha value is -1.18. The molecule has 0 saturated heterocycles. The predicted molar refractivity (Wildman–Crippen MR) is 85.2 cm³/mol. The third-order valence-electron chi connectivity index (χ3n) is 5.66. The quantitative estimate of drug-likeness (QED) is 0.799. The first kappa shape index (κ1) is 14.7. The Morgan fingerprint density at radius 2 is 1.86 bits per heavy atom. The van der Waals surface area contributed by atoms with Crippen LogP contribution in [0.5, 0.6) is 0 Å². The summed E-state index contributed by atoms with van der Waals surface area (Å²) in [6, 6.07) is 4.12. The van der Waals surface area contributed by atoms with Gasteiger partial charge in [-0.3, -0.25) is 9.78 Å². The first-order valence-corrected chi connectivity index (χ1v) is 8.44. The van der Waals surface area contributed by atoms with Gasteiger partial charge in [0.25, 0.3) is 0 Å². The van der Waals surface area contributed by atoms with Crippen molar-refractivity contribution in [2.45, 2.75) is 65.2 Å². The van der Waals surface area contributed by atoms with Crippen LogP contribution in [-0.4, -0.2) is 10.8 Å². The van der Waals surface area contributed by atoms with Crippen molar-refractivity contribution in [2.24, 2.45) is 17.3 Å². The summed E-state index contributed by atoms with van der Waals surface area (Å²) < 4.78 is 0. The van der Waals surface area contributed by atoms with E-state index in [1.54, 1.807) is 0 Å². The van der Waals surface area contributed by atoms with Crippen LogP contribution < -0.4 is 0 Å². The van der Waals surface area contributed by atoms with E-state index in [0.29, 0.717) is 11.2 Å². The molecule has 1 aromatic rings. The zero-order valence-electron chi connectivity index (χ0n) is 13.6. The summed E-state index contributed by atoms with van der Waals surface area (Å²) in [4.78, 5) is 17.4. The molecule has 2 aliphatic carbocycles. The van der Waals surface area contributed by atoms with E-state index in [9.17, 15) is 4.79 Å². The average Bonchev–Trinajstić information content (AvgIpc) is 2.90. The van der Waals surface area contributed by atoms with E-state index < -0.39 is 0 Å². The van der Waals surface area contributed by atoms with Gasteiger partial charge < -0.3 is 0 Å². The lowest BCUT2D eigenvalue weighted by Crippen LogP contribution is -2.30. The molecule has 1 unspecified atom stereocenters. The fourth-order valence-electron chi connectivity index (χ4n) is 4.22. The lowest BCUT2D eigenvalue weighted by Gasteiger charge is -2.37. The van der Waals surface area contributed by atoms with Gasteiger partial charge in [-0.25, -0.2) is 0 Å². The van der Waals surface area contributed by atoms with E-state index in [-0.39, 0.29) is 11.8 Å². The van der Waals surface area contributed by atoms with Gasteiger partial charge in [-0.2, -0.15) is 0 Å². The number of rotatable bonds is 2. The number of aryl methyl sites for hydroxylation is 1. The van der Waals surface area contributed by atoms with Gasteiger partial charge in [0.05, 0.1) is 11.6 Å². The molecule has 1 heterocycles. The molecule has 1 fully saturated rings.